The zero-order valence-electron chi connectivity index (χ0n) is 8.36. The molecule has 0 saturated heterocycles. The zero-order chi connectivity index (χ0) is 12.1. The maximum Gasteiger partial charge on any atom is 0.339 e. The van der Waals surface area contributed by atoms with E-state index in [4.69, 9.17) is 5.11 Å². The van der Waals surface area contributed by atoms with Gasteiger partial charge >= 0.3 is 5.97 Å². The van der Waals surface area contributed by atoms with Crippen molar-refractivity contribution in [1.82, 2.24) is 0 Å². The lowest BCUT2D eigenvalue weighted by atomic mass is 10.1. The molecule has 0 saturated carbocycles. The maximum absolute atomic E-state index is 13.4. The van der Waals surface area contributed by atoms with Gasteiger partial charge in [0, 0.05) is 0 Å². The summed E-state index contributed by atoms with van der Waals surface area (Å²) in [6.45, 7) is -0.120. The van der Waals surface area contributed by atoms with Crippen LogP contribution in [0.2, 0.25) is 0 Å². The Morgan fingerprint density at radius 1 is 1.62 bits per heavy atom. The van der Waals surface area contributed by atoms with Crippen LogP contribution in [0.1, 0.15) is 15.9 Å². The third-order valence-electron chi connectivity index (χ3n) is 1.86. The number of carboxylic acid groups (broad SMARTS) is 1. The van der Waals surface area contributed by atoms with E-state index >= 15 is 0 Å². The third kappa shape index (κ3) is 2.43. The van der Waals surface area contributed by atoms with Gasteiger partial charge in [0.1, 0.15) is 5.56 Å². The van der Waals surface area contributed by atoms with Crippen molar-refractivity contribution in [3.8, 4) is 5.75 Å². The number of carbonyl (C=O) groups excluding carboxylic acids is 1. The van der Waals surface area contributed by atoms with E-state index in [1.54, 1.807) is 0 Å². The highest BCUT2D eigenvalue weighted by Crippen LogP contribution is 2.24. The van der Waals surface area contributed by atoms with Crippen molar-refractivity contribution in [2.24, 2.45) is 4.99 Å². The number of aromatic carboxylic acids is 1. The molecule has 0 radical (unpaired) electrons. The topological polar surface area (TPSA) is 76.0 Å². The molecular weight excluding hydrogens is 217 g/mol. The van der Waals surface area contributed by atoms with E-state index in [0.29, 0.717) is 0 Å². The Hall–Kier alpha value is -2.20. The van der Waals surface area contributed by atoms with Crippen LogP contribution in [0, 0.1) is 5.82 Å². The fourth-order valence-corrected chi connectivity index (χ4v) is 1.23. The Balaban J connectivity index is 3.27. The van der Waals surface area contributed by atoms with E-state index in [-0.39, 0.29) is 23.4 Å². The van der Waals surface area contributed by atoms with Crippen LogP contribution in [-0.2, 0) is 11.3 Å². The van der Waals surface area contributed by atoms with Gasteiger partial charge in [-0.05, 0) is 17.7 Å². The molecule has 6 heteroatoms. The van der Waals surface area contributed by atoms with Crippen LogP contribution in [0.15, 0.2) is 17.1 Å². The summed E-state index contributed by atoms with van der Waals surface area (Å²) >= 11 is 0. The molecule has 16 heavy (non-hydrogen) atoms. The quantitative estimate of drug-likeness (QED) is 0.620. The number of methoxy groups -OCH3 is 1. The zero-order valence-corrected chi connectivity index (χ0v) is 8.36. The number of halogens is 1. The molecule has 0 aliphatic rings. The van der Waals surface area contributed by atoms with Gasteiger partial charge in [0.25, 0.3) is 0 Å². The average Bonchev–Trinajstić information content (AvgIpc) is 2.25. The van der Waals surface area contributed by atoms with Crippen molar-refractivity contribution < 1.29 is 23.8 Å². The number of carbonyl (C=O) groups is 1. The molecule has 0 atom stereocenters. The van der Waals surface area contributed by atoms with E-state index in [2.05, 4.69) is 9.73 Å². The summed E-state index contributed by atoms with van der Waals surface area (Å²) in [5, 5.41) is 8.82. The van der Waals surface area contributed by atoms with Gasteiger partial charge in [0.05, 0.1) is 13.7 Å². The number of ether oxygens (including phenoxy) is 1. The minimum atomic E-state index is -1.31. The fraction of sp³-hybridized carbons (Fsp3) is 0.200. The highest BCUT2D eigenvalue weighted by atomic mass is 19.1. The summed E-state index contributed by atoms with van der Waals surface area (Å²) in [6.07, 6.45) is 1.29. The summed E-state index contributed by atoms with van der Waals surface area (Å²) in [5.41, 5.74) is -0.0438. The van der Waals surface area contributed by atoms with Gasteiger partial charge in [-0.3, -0.25) is 0 Å². The van der Waals surface area contributed by atoms with Crippen LogP contribution >= 0.6 is 0 Å². The van der Waals surface area contributed by atoms with Crippen LogP contribution in [0.25, 0.3) is 0 Å². The highest BCUT2D eigenvalue weighted by Gasteiger charge is 2.16. The SMILES string of the molecule is COc1c(F)cc(CN=C=O)cc1C(=O)O. The standard InChI is InChI=1S/C10H8FNO4/c1-16-9-7(10(14)15)2-6(3-8(9)11)4-12-5-13/h2-3H,4H2,1H3,(H,14,15). The van der Waals surface area contributed by atoms with E-state index in [0.717, 1.165) is 6.07 Å². The minimum Gasteiger partial charge on any atom is -0.493 e. The molecule has 5 nitrogen and oxygen atoms in total. The number of rotatable bonds is 4. The third-order valence-corrected chi connectivity index (χ3v) is 1.86. The molecule has 0 unspecified atom stereocenters. The first kappa shape index (κ1) is 11.9. The van der Waals surface area contributed by atoms with Gasteiger partial charge in [-0.15, -0.1) is 0 Å². The van der Waals surface area contributed by atoms with Crippen molar-refractivity contribution in [2.45, 2.75) is 6.54 Å². The lowest BCUT2D eigenvalue weighted by Gasteiger charge is -2.07. The molecule has 0 fully saturated rings. The molecule has 0 spiro atoms. The smallest absolute Gasteiger partial charge is 0.339 e. The van der Waals surface area contributed by atoms with E-state index in [1.165, 1.54) is 19.3 Å². The largest absolute Gasteiger partial charge is 0.493 e. The van der Waals surface area contributed by atoms with Crippen LogP contribution in [0.3, 0.4) is 0 Å². The molecule has 0 aliphatic heterocycles. The first-order chi connectivity index (χ1) is 7.60. The summed E-state index contributed by atoms with van der Waals surface area (Å²) in [7, 11) is 1.17. The minimum absolute atomic E-state index is 0.120. The number of benzene rings is 1. The second kappa shape index (κ2) is 5.04. The second-order valence-electron chi connectivity index (χ2n) is 2.87. The molecule has 1 N–H and O–H groups in total. The van der Waals surface area contributed by atoms with Crippen LogP contribution in [-0.4, -0.2) is 24.3 Å². The maximum atomic E-state index is 13.4. The molecule has 0 bridgehead atoms. The van der Waals surface area contributed by atoms with Crippen molar-refractivity contribution in [2.75, 3.05) is 7.11 Å². The van der Waals surface area contributed by atoms with Crippen LogP contribution in [0.5, 0.6) is 5.75 Å². The predicted molar refractivity (Wildman–Crippen MR) is 51.7 cm³/mol. The molecule has 84 valence electrons. The summed E-state index contributed by atoms with van der Waals surface area (Å²) < 4.78 is 18.0. The first-order valence-electron chi connectivity index (χ1n) is 4.23. The van der Waals surface area contributed by atoms with Crippen molar-refractivity contribution in [3.63, 3.8) is 0 Å². The lowest BCUT2D eigenvalue weighted by Crippen LogP contribution is -2.04. The molecule has 0 heterocycles. The fourth-order valence-electron chi connectivity index (χ4n) is 1.23. The molecule has 1 aromatic rings. The van der Waals surface area contributed by atoms with Gasteiger partial charge < -0.3 is 9.84 Å². The number of nitrogens with zero attached hydrogens (tertiary/aromatic N) is 1. The molecule has 0 aliphatic carbocycles. The highest BCUT2D eigenvalue weighted by molar-refractivity contribution is 5.91. The van der Waals surface area contributed by atoms with Crippen molar-refractivity contribution in [3.05, 3.63) is 29.1 Å². The Kier molecular flexibility index (Phi) is 3.74. The molecular formula is C10H8FNO4. The van der Waals surface area contributed by atoms with E-state index < -0.39 is 11.8 Å². The predicted octanol–water partition coefficient (Wildman–Crippen LogP) is 1.37. The number of carboxylic acids is 1. The molecule has 1 aromatic carbocycles. The monoisotopic (exact) mass is 225 g/mol. The number of aliphatic imine (C=N–C) groups is 1. The van der Waals surface area contributed by atoms with Crippen molar-refractivity contribution >= 4 is 12.0 Å². The van der Waals surface area contributed by atoms with Gasteiger partial charge in [-0.25, -0.2) is 19.0 Å². The number of hydrogen-bond donors (Lipinski definition) is 1. The van der Waals surface area contributed by atoms with E-state index in [1.807, 2.05) is 0 Å². The van der Waals surface area contributed by atoms with Crippen molar-refractivity contribution in [1.29, 1.82) is 0 Å². The Bertz CT molecular complexity index is 466. The Morgan fingerprint density at radius 2 is 2.31 bits per heavy atom. The molecule has 0 amide bonds. The summed E-state index contributed by atoms with van der Waals surface area (Å²) in [6, 6.07) is 2.26. The van der Waals surface area contributed by atoms with Crippen LogP contribution < -0.4 is 4.74 Å². The molecule has 0 aromatic heterocycles. The Labute approximate surface area is 90.2 Å². The number of hydrogen-bond acceptors (Lipinski definition) is 4. The lowest BCUT2D eigenvalue weighted by molar-refractivity contribution is 0.0692. The Morgan fingerprint density at radius 3 is 2.81 bits per heavy atom. The second-order valence-corrected chi connectivity index (χ2v) is 2.87. The van der Waals surface area contributed by atoms with Gasteiger partial charge in [0.15, 0.2) is 11.6 Å². The van der Waals surface area contributed by atoms with Gasteiger partial charge in [-0.2, -0.15) is 0 Å². The van der Waals surface area contributed by atoms with E-state index in [9.17, 15) is 14.0 Å². The van der Waals surface area contributed by atoms with Gasteiger partial charge in [-0.1, -0.05) is 0 Å². The van der Waals surface area contributed by atoms with Crippen LogP contribution in [0.4, 0.5) is 4.39 Å². The molecule has 1 rings (SSSR count). The average molecular weight is 225 g/mol. The number of isocyanates is 1. The first-order valence-corrected chi connectivity index (χ1v) is 4.23. The van der Waals surface area contributed by atoms with Gasteiger partial charge in [0.2, 0.25) is 6.08 Å². The summed E-state index contributed by atoms with van der Waals surface area (Å²) in [5.74, 6) is -2.46. The summed E-state index contributed by atoms with van der Waals surface area (Å²) in [4.78, 5) is 23.9. The normalized spacial score (nSPS) is 9.38.